The Morgan fingerprint density at radius 1 is 0.812 bits per heavy atom. The molecule has 1 saturated heterocycles. The Hall–Kier alpha value is -0.400. The van der Waals surface area contributed by atoms with Crippen molar-refractivity contribution in [3.05, 3.63) is 0 Å². The predicted octanol–water partition coefficient (Wildman–Crippen LogP) is -0.0468. The van der Waals surface area contributed by atoms with Gasteiger partial charge in [-0.2, -0.15) is 0 Å². The lowest BCUT2D eigenvalue weighted by molar-refractivity contribution is -0.310. The maximum Gasteiger partial charge on any atom is 0.186 e. The number of aliphatic hydroxyl groups excluding tert-OH is 3. The first-order chi connectivity index (χ1) is 15.3. The van der Waals surface area contributed by atoms with Crippen LogP contribution in [0.4, 0.5) is 0 Å². The number of aliphatic hydroxyl groups is 3. The van der Waals surface area contributed by atoms with Gasteiger partial charge in [0.05, 0.1) is 32.0 Å². The molecule has 3 N–H and O–H groups in total. The first-order valence-corrected chi connectivity index (χ1v) is 11.3. The van der Waals surface area contributed by atoms with Gasteiger partial charge in [-0.1, -0.05) is 13.8 Å². The zero-order chi connectivity index (χ0) is 23.8. The summed E-state index contributed by atoms with van der Waals surface area (Å²) in [6.07, 6.45) is -6.03. The summed E-state index contributed by atoms with van der Waals surface area (Å²) in [7, 11) is 6.12. The lowest BCUT2D eigenvalue weighted by Gasteiger charge is -2.45. The SMILES string of the molecule is COCC1CC(OCC2OC(OCCC(C)C)C(O)C(OC)C2O)C(O)C(OC)C1OC. The average Bonchev–Trinajstić information content (AvgIpc) is 2.76. The molecule has 1 saturated carbocycles. The highest BCUT2D eigenvalue weighted by molar-refractivity contribution is 4.96. The van der Waals surface area contributed by atoms with Crippen LogP contribution in [0.2, 0.25) is 0 Å². The number of rotatable bonds is 12. The summed E-state index contributed by atoms with van der Waals surface area (Å²) in [5.74, 6) is 0.400. The molecule has 10 unspecified atom stereocenters. The zero-order valence-corrected chi connectivity index (χ0v) is 20.1. The fourth-order valence-electron chi connectivity index (χ4n) is 4.48. The molecule has 0 aromatic rings. The van der Waals surface area contributed by atoms with Crippen LogP contribution in [0.5, 0.6) is 0 Å². The first-order valence-electron chi connectivity index (χ1n) is 11.3. The standard InChI is InChI=1S/C22H42O10/c1-12(2)7-8-30-22-18(25)20(28-5)17(24)15(32-22)11-31-14-9-13(10-26-3)19(27-4)21(29-6)16(14)23/h12-25H,7-11H2,1-6H3. The van der Waals surface area contributed by atoms with E-state index in [0.29, 0.717) is 25.6 Å². The number of methoxy groups -OCH3 is 4. The van der Waals surface area contributed by atoms with Gasteiger partial charge in [0, 0.05) is 34.4 Å². The lowest BCUT2D eigenvalue weighted by atomic mass is 9.80. The van der Waals surface area contributed by atoms with E-state index in [-0.39, 0.29) is 18.6 Å². The van der Waals surface area contributed by atoms with Gasteiger partial charge in [0.15, 0.2) is 6.29 Å². The Bertz CT molecular complexity index is 521. The molecule has 2 fully saturated rings. The van der Waals surface area contributed by atoms with Crippen LogP contribution < -0.4 is 0 Å². The predicted molar refractivity (Wildman–Crippen MR) is 114 cm³/mol. The molecule has 0 aromatic heterocycles. The van der Waals surface area contributed by atoms with E-state index in [1.54, 1.807) is 14.2 Å². The molecule has 2 aliphatic rings. The maximum absolute atomic E-state index is 10.8. The summed E-state index contributed by atoms with van der Waals surface area (Å²) in [6.45, 7) is 4.97. The van der Waals surface area contributed by atoms with Gasteiger partial charge in [-0.05, 0) is 18.8 Å². The average molecular weight is 467 g/mol. The lowest BCUT2D eigenvalue weighted by Crippen LogP contribution is -2.61. The third-order valence-corrected chi connectivity index (χ3v) is 6.33. The fourth-order valence-corrected chi connectivity index (χ4v) is 4.48. The normalized spacial score (nSPS) is 40.7. The van der Waals surface area contributed by atoms with Gasteiger partial charge >= 0.3 is 0 Å². The van der Waals surface area contributed by atoms with Gasteiger partial charge in [-0.3, -0.25) is 0 Å². The molecule has 0 aromatic carbocycles. The molecule has 10 heteroatoms. The highest BCUT2D eigenvalue weighted by Crippen LogP contribution is 2.32. The topological polar surface area (TPSA) is 125 Å². The van der Waals surface area contributed by atoms with E-state index >= 15 is 0 Å². The second-order valence-corrected chi connectivity index (χ2v) is 8.99. The van der Waals surface area contributed by atoms with Crippen LogP contribution in [0, 0.1) is 11.8 Å². The molecular formula is C22H42O10. The Morgan fingerprint density at radius 2 is 1.47 bits per heavy atom. The van der Waals surface area contributed by atoms with Crippen molar-refractivity contribution in [2.75, 3.05) is 48.3 Å². The molecule has 1 aliphatic carbocycles. The van der Waals surface area contributed by atoms with Crippen molar-refractivity contribution < 1.29 is 48.5 Å². The highest BCUT2D eigenvalue weighted by atomic mass is 16.7. The van der Waals surface area contributed by atoms with E-state index in [1.165, 1.54) is 14.2 Å². The molecule has 1 heterocycles. The van der Waals surface area contributed by atoms with E-state index in [0.717, 1.165) is 6.42 Å². The molecule has 10 nitrogen and oxygen atoms in total. The Morgan fingerprint density at radius 3 is 2.03 bits per heavy atom. The van der Waals surface area contributed by atoms with Gasteiger partial charge in [-0.15, -0.1) is 0 Å². The molecule has 10 atom stereocenters. The van der Waals surface area contributed by atoms with Crippen molar-refractivity contribution in [2.45, 2.75) is 81.8 Å². The van der Waals surface area contributed by atoms with E-state index in [1.807, 2.05) is 0 Å². The second-order valence-electron chi connectivity index (χ2n) is 8.99. The maximum atomic E-state index is 10.8. The van der Waals surface area contributed by atoms with Gasteiger partial charge in [0.2, 0.25) is 0 Å². The van der Waals surface area contributed by atoms with Crippen molar-refractivity contribution in [2.24, 2.45) is 11.8 Å². The summed E-state index contributed by atoms with van der Waals surface area (Å²) >= 11 is 0. The third-order valence-electron chi connectivity index (χ3n) is 6.33. The molecular weight excluding hydrogens is 424 g/mol. The smallest absolute Gasteiger partial charge is 0.186 e. The largest absolute Gasteiger partial charge is 0.388 e. The van der Waals surface area contributed by atoms with Crippen LogP contribution in [-0.4, -0.2) is 119 Å². The number of hydrogen-bond acceptors (Lipinski definition) is 10. The van der Waals surface area contributed by atoms with Crippen molar-refractivity contribution in [3.63, 3.8) is 0 Å². The summed E-state index contributed by atoms with van der Waals surface area (Å²) in [4.78, 5) is 0. The van der Waals surface area contributed by atoms with Crippen LogP contribution >= 0.6 is 0 Å². The van der Waals surface area contributed by atoms with Crippen molar-refractivity contribution in [3.8, 4) is 0 Å². The van der Waals surface area contributed by atoms with E-state index in [4.69, 9.17) is 33.2 Å². The molecule has 1 aliphatic heterocycles. The minimum atomic E-state index is -1.13. The summed E-state index contributed by atoms with van der Waals surface area (Å²) in [5.41, 5.74) is 0. The molecule has 0 radical (unpaired) electrons. The van der Waals surface area contributed by atoms with E-state index in [2.05, 4.69) is 13.8 Å². The van der Waals surface area contributed by atoms with Crippen molar-refractivity contribution >= 4 is 0 Å². The van der Waals surface area contributed by atoms with Crippen LogP contribution in [0.15, 0.2) is 0 Å². The zero-order valence-electron chi connectivity index (χ0n) is 20.1. The first kappa shape index (κ1) is 27.8. The third kappa shape index (κ3) is 6.82. The van der Waals surface area contributed by atoms with Gasteiger partial charge in [0.25, 0.3) is 0 Å². The molecule has 32 heavy (non-hydrogen) atoms. The quantitative estimate of drug-likeness (QED) is 0.361. The van der Waals surface area contributed by atoms with Crippen LogP contribution in [-0.2, 0) is 33.2 Å². The Kier molecular flexibility index (Phi) is 11.7. The number of ether oxygens (including phenoxy) is 7. The van der Waals surface area contributed by atoms with Crippen LogP contribution in [0.3, 0.4) is 0 Å². The minimum absolute atomic E-state index is 0.0205. The van der Waals surface area contributed by atoms with E-state index < -0.39 is 49.0 Å². The second kappa shape index (κ2) is 13.5. The number of hydrogen-bond donors (Lipinski definition) is 3. The molecule has 190 valence electrons. The molecule has 0 bridgehead atoms. The van der Waals surface area contributed by atoms with Crippen LogP contribution in [0.1, 0.15) is 26.7 Å². The van der Waals surface area contributed by atoms with Gasteiger partial charge in [0.1, 0.15) is 36.6 Å². The van der Waals surface area contributed by atoms with Crippen LogP contribution in [0.25, 0.3) is 0 Å². The van der Waals surface area contributed by atoms with Crippen molar-refractivity contribution in [1.29, 1.82) is 0 Å². The van der Waals surface area contributed by atoms with E-state index in [9.17, 15) is 15.3 Å². The summed E-state index contributed by atoms with van der Waals surface area (Å²) < 4.78 is 39.2. The Labute approximate surface area is 191 Å². The van der Waals surface area contributed by atoms with Gasteiger partial charge in [-0.25, -0.2) is 0 Å². The van der Waals surface area contributed by atoms with Gasteiger partial charge < -0.3 is 48.5 Å². The Balaban J connectivity index is 2.04. The van der Waals surface area contributed by atoms with Crippen molar-refractivity contribution in [1.82, 2.24) is 0 Å². The summed E-state index contributed by atoms with van der Waals surface area (Å²) in [5, 5.41) is 32.0. The molecule has 0 spiro atoms. The monoisotopic (exact) mass is 466 g/mol. The summed E-state index contributed by atoms with van der Waals surface area (Å²) in [6, 6.07) is 0. The molecule has 0 amide bonds. The molecule has 2 rings (SSSR count). The fraction of sp³-hybridized carbons (Fsp3) is 1.00. The highest BCUT2D eigenvalue weighted by Gasteiger charge is 2.48. The minimum Gasteiger partial charge on any atom is -0.388 e.